The minimum Gasteiger partial charge on any atom is -0.349 e. The average Bonchev–Trinajstić information content (AvgIpc) is 3.10. The number of carbonyl (C=O) groups is 1. The molecule has 1 aliphatic carbocycles. The zero-order valence-electron chi connectivity index (χ0n) is 15.1. The summed E-state index contributed by atoms with van der Waals surface area (Å²) in [5.41, 5.74) is 2.93. The zero-order chi connectivity index (χ0) is 18.7. The smallest absolute Gasteiger partial charge is 0.261 e. The van der Waals surface area contributed by atoms with E-state index in [0.717, 1.165) is 36.8 Å². The van der Waals surface area contributed by atoms with Crippen LogP contribution in [0.15, 0.2) is 47.4 Å². The standard InChI is InChI=1S/C20H24N2O3S/c1-14-7-12-19(13-15(14)2)26(24,25)22-18-10-8-16(9-11-18)20(23)21-17-5-3-4-6-17/h7-13,17,22H,3-6H2,1-2H3,(H,21,23). The number of hydrogen-bond donors (Lipinski definition) is 2. The first-order valence-corrected chi connectivity index (χ1v) is 10.3. The lowest BCUT2D eigenvalue weighted by Crippen LogP contribution is -2.32. The van der Waals surface area contributed by atoms with Gasteiger partial charge in [0, 0.05) is 17.3 Å². The molecule has 1 aliphatic rings. The van der Waals surface area contributed by atoms with Crippen LogP contribution in [0.5, 0.6) is 0 Å². The van der Waals surface area contributed by atoms with Crippen molar-refractivity contribution in [2.24, 2.45) is 0 Å². The van der Waals surface area contributed by atoms with Gasteiger partial charge in [-0.2, -0.15) is 0 Å². The van der Waals surface area contributed by atoms with Crippen molar-refractivity contribution in [3.05, 3.63) is 59.2 Å². The van der Waals surface area contributed by atoms with Gasteiger partial charge in [-0.15, -0.1) is 0 Å². The highest BCUT2D eigenvalue weighted by Crippen LogP contribution is 2.20. The van der Waals surface area contributed by atoms with E-state index >= 15 is 0 Å². The molecule has 2 N–H and O–H groups in total. The summed E-state index contributed by atoms with van der Waals surface area (Å²) >= 11 is 0. The number of nitrogens with one attached hydrogen (secondary N) is 2. The third kappa shape index (κ3) is 4.25. The van der Waals surface area contributed by atoms with E-state index in [9.17, 15) is 13.2 Å². The molecule has 0 aromatic heterocycles. The molecule has 138 valence electrons. The van der Waals surface area contributed by atoms with Crippen LogP contribution < -0.4 is 10.0 Å². The molecule has 5 nitrogen and oxygen atoms in total. The van der Waals surface area contributed by atoms with Crippen molar-refractivity contribution in [1.82, 2.24) is 5.32 Å². The second-order valence-electron chi connectivity index (χ2n) is 6.88. The zero-order valence-corrected chi connectivity index (χ0v) is 15.9. The number of anilines is 1. The summed E-state index contributed by atoms with van der Waals surface area (Å²) in [7, 11) is -3.65. The minimum absolute atomic E-state index is 0.111. The van der Waals surface area contributed by atoms with Crippen molar-refractivity contribution in [3.63, 3.8) is 0 Å². The van der Waals surface area contributed by atoms with Gasteiger partial charge in [-0.3, -0.25) is 9.52 Å². The Bertz CT molecular complexity index is 899. The molecule has 0 unspecified atom stereocenters. The van der Waals surface area contributed by atoms with Crippen LogP contribution in [-0.4, -0.2) is 20.4 Å². The van der Waals surface area contributed by atoms with Crippen LogP contribution in [0.3, 0.4) is 0 Å². The van der Waals surface area contributed by atoms with Crippen LogP contribution in [-0.2, 0) is 10.0 Å². The van der Waals surface area contributed by atoms with E-state index in [1.54, 1.807) is 42.5 Å². The van der Waals surface area contributed by atoms with Crippen LogP contribution in [0.2, 0.25) is 0 Å². The lowest BCUT2D eigenvalue weighted by atomic mass is 10.1. The van der Waals surface area contributed by atoms with E-state index in [4.69, 9.17) is 0 Å². The summed E-state index contributed by atoms with van der Waals surface area (Å²) in [5.74, 6) is -0.111. The van der Waals surface area contributed by atoms with Crippen LogP contribution in [0.4, 0.5) is 5.69 Å². The molecule has 0 spiro atoms. The highest BCUT2D eigenvalue weighted by atomic mass is 32.2. The number of sulfonamides is 1. The normalized spacial score (nSPS) is 15.0. The van der Waals surface area contributed by atoms with Gasteiger partial charge in [-0.25, -0.2) is 8.42 Å². The summed E-state index contributed by atoms with van der Waals surface area (Å²) in [6.45, 7) is 3.82. The van der Waals surface area contributed by atoms with Crippen molar-refractivity contribution >= 4 is 21.6 Å². The second kappa shape index (κ2) is 7.50. The molecule has 26 heavy (non-hydrogen) atoms. The number of carbonyl (C=O) groups excluding carboxylic acids is 1. The first kappa shape index (κ1) is 18.5. The molecular formula is C20H24N2O3S. The Kier molecular flexibility index (Phi) is 5.32. The predicted molar refractivity (Wildman–Crippen MR) is 103 cm³/mol. The monoisotopic (exact) mass is 372 g/mol. The van der Waals surface area contributed by atoms with Gasteiger partial charge in [0.15, 0.2) is 0 Å². The van der Waals surface area contributed by atoms with Crippen molar-refractivity contribution in [2.75, 3.05) is 4.72 Å². The quantitative estimate of drug-likeness (QED) is 0.839. The maximum absolute atomic E-state index is 12.5. The Morgan fingerprint density at radius 2 is 1.62 bits per heavy atom. The lowest BCUT2D eigenvalue weighted by molar-refractivity contribution is 0.0938. The molecule has 0 bridgehead atoms. The van der Waals surface area contributed by atoms with Gasteiger partial charge in [-0.1, -0.05) is 18.9 Å². The molecule has 0 atom stereocenters. The SMILES string of the molecule is Cc1ccc(S(=O)(=O)Nc2ccc(C(=O)NC3CCCC3)cc2)cc1C. The highest BCUT2D eigenvalue weighted by molar-refractivity contribution is 7.92. The molecule has 6 heteroatoms. The Labute approximate surface area is 154 Å². The fourth-order valence-electron chi connectivity index (χ4n) is 3.12. The molecule has 3 rings (SSSR count). The van der Waals surface area contributed by atoms with Crippen LogP contribution in [0.1, 0.15) is 47.2 Å². The summed E-state index contributed by atoms with van der Waals surface area (Å²) in [6, 6.07) is 11.8. The number of aryl methyl sites for hydroxylation is 2. The molecule has 1 saturated carbocycles. The Morgan fingerprint density at radius 3 is 2.23 bits per heavy atom. The second-order valence-corrected chi connectivity index (χ2v) is 8.57. The fraction of sp³-hybridized carbons (Fsp3) is 0.350. The third-order valence-electron chi connectivity index (χ3n) is 4.88. The first-order valence-electron chi connectivity index (χ1n) is 8.86. The van der Waals surface area contributed by atoms with Gasteiger partial charge in [0.1, 0.15) is 0 Å². The van der Waals surface area contributed by atoms with Crippen LogP contribution >= 0.6 is 0 Å². The lowest BCUT2D eigenvalue weighted by Gasteiger charge is -2.13. The maximum atomic E-state index is 12.5. The molecule has 0 radical (unpaired) electrons. The van der Waals surface area contributed by atoms with E-state index in [1.807, 2.05) is 13.8 Å². The summed E-state index contributed by atoms with van der Waals surface area (Å²) < 4.78 is 27.6. The number of benzene rings is 2. The van der Waals surface area contributed by atoms with Gasteiger partial charge in [0.2, 0.25) is 0 Å². The molecular weight excluding hydrogens is 348 g/mol. The minimum atomic E-state index is -3.65. The van der Waals surface area contributed by atoms with E-state index in [2.05, 4.69) is 10.0 Å². The molecule has 0 saturated heterocycles. The van der Waals surface area contributed by atoms with Crippen molar-refractivity contribution < 1.29 is 13.2 Å². The van der Waals surface area contributed by atoms with E-state index in [-0.39, 0.29) is 16.8 Å². The summed E-state index contributed by atoms with van der Waals surface area (Å²) in [6.07, 6.45) is 4.37. The Hall–Kier alpha value is -2.34. The van der Waals surface area contributed by atoms with Crippen molar-refractivity contribution in [2.45, 2.75) is 50.5 Å². The third-order valence-corrected chi connectivity index (χ3v) is 6.26. The molecule has 1 amide bonds. The molecule has 1 fully saturated rings. The summed E-state index contributed by atoms with van der Waals surface area (Å²) in [5, 5.41) is 3.02. The topological polar surface area (TPSA) is 75.3 Å². The van der Waals surface area contributed by atoms with E-state index in [1.165, 1.54) is 0 Å². The predicted octanol–water partition coefficient (Wildman–Crippen LogP) is 3.78. The molecule has 2 aromatic carbocycles. The molecule has 2 aromatic rings. The Morgan fingerprint density at radius 1 is 0.962 bits per heavy atom. The van der Waals surface area contributed by atoms with Crippen LogP contribution in [0, 0.1) is 13.8 Å². The fourth-order valence-corrected chi connectivity index (χ4v) is 4.27. The maximum Gasteiger partial charge on any atom is 0.261 e. The largest absolute Gasteiger partial charge is 0.349 e. The molecule has 0 heterocycles. The van der Waals surface area contributed by atoms with Gasteiger partial charge in [0.05, 0.1) is 4.90 Å². The van der Waals surface area contributed by atoms with Gasteiger partial charge >= 0.3 is 0 Å². The van der Waals surface area contributed by atoms with Gasteiger partial charge in [-0.05, 0) is 74.2 Å². The number of amides is 1. The van der Waals surface area contributed by atoms with Crippen molar-refractivity contribution in [3.8, 4) is 0 Å². The summed E-state index contributed by atoms with van der Waals surface area (Å²) in [4.78, 5) is 12.5. The Balaban J connectivity index is 1.69. The number of rotatable bonds is 5. The average molecular weight is 372 g/mol. The highest BCUT2D eigenvalue weighted by Gasteiger charge is 2.18. The van der Waals surface area contributed by atoms with Crippen LogP contribution in [0.25, 0.3) is 0 Å². The van der Waals surface area contributed by atoms with E-state index < -0.39 is 10.0 Å². The first-order chi connectivity index (χ1) is 12.3. The van der Waals surface area contributed by atoms with E-state index in [0.29, 0.717) is 11.3 Å². The van der Waals surface area contributed by atoms with Gasteiger partial charge < -0.3 is 5.32 Å². The number of hydrogen-bond acceptors (Lipinski definition) is 3. The van der Waals surface area contributed by atoms with Gasteiger partial charge in [0.25, 0.3) is 15.9 Å². The molecule has 0 aliphatic heterocycles. The van der Waals surface area contributed by atoms with Crippen molar-refractivity contribution in [1.29, 1.82) is 0 Å².